The predicted molar refractivity (Wildman–Crippen MR) is 72.5 cm³/mol. The minimum absolute atomic E-state index is 0.0493. The van der Waals surface area contributed by atoms with Crippen LogP contribution in [0.4, 0.5) is 0 Å². The van der Waals surface area contributed by atoms with Crippen LogP contribution in [0, 0.1) is 0 Å². The zero-order valence-electron chi connectivity index (χ0n) is 10.9. The Kier molecular flexibility index (Phi) is 4.46. The third-order valence-corrected chi connectivity index (χ3v) is 3.82. The second-order valence-electron chi connectivity index (χ2n) is 4.10. The molecule has 2 heterocycles. The molecule has 8 heteroatoms. The first-order valence-electron chi connectivity index (χ1n) is 6.06. The SMILES string of the molecule is CCc1ccc(CNC(=O)Cn2cc(C(=O)O)nn2)s1. The summed E-state index contributed by atoms with van der Waals surface area (Å²) in [6.07, 6.45) is 2.21. The van der Waals surface area contributed by atoms with Gasteiger partial charge < -0.3 is 10.4 Å². The lowest BCUT2D eigenvalue weighted by Crippen LogP contribution is -2.27. The minimum Gasteiger partial charge on any atom is -0.476 e. The van der Waals surface area contributed by atoms with Gasteiger partial charge in [0.15, 0.2) is 5.69 Å². The van der Waals surface area contributed by atoms with Gasteiger partial charge in [-0.1, -0.05) is 12.1 Å². The van der Waals surface area contributed by atoms with E-state index in [2.05, 4.69) is 22.6 Å². The van der Waals surface area contributed by atoms with Crippen molar-refractivity contribution < 1.29 is 14.7 Å². The third-order valence-electron chi connectivity index (χ3n) is 2.59. The molecule has 0 unspecified atom stereocenters. The van der Waals surface area contributed by atoms with Crippen molar-refractivity contribution in [3.05, 3.63) is 33.8 Å². The first kappa shape index (κ1) is 14.2. The number of amides is 1. The van der Waals surface area contributed by atoms with E-state index in [1.807, 2.05) is 12.1 Å². The van der Waals surface area contributed by atoms with Gasteiger partial charge in [-0.3, -0.25) is 4.79 Å². The molecule has 1 amide bonds. The normalized spacial score (nSPS) is 10.4. The number of hydrogen-bond donors (Lipinski definition) is 2. The average molecular weight is 294 g/mol. The molecule has 0 aliphatic carbocycles. The van der Waals surface area contributed by atoms with Crippen LogP contribution in [0.2, 0.25) is 0 Å². The van der Waals surface area contributed by atoms with Gasteiger partial charge in [0.2, 0.25) is 5.91 Å². The Balaban J connectivity index is 1.84. The van der Waals surface area contributed by atoms with Crippen LogP contribution in [0.25, 0.3) is 0 Å². The van der Waals surface area contributed by atoms with Gasteiger partial charge in [0.25, 0.3) is 0 Å². The van der Waals surface area contributed by atoms with Crippen molar-refractivity contribution in [2.75, 3.05) is 0 Å². The summed E-state index contributed by atoms with van der Waals surface area (Å²) in [5.41, 5.74) is -0.177. The Morgan fingerprint density at radius 3 is 2.75 bits per heavy atom. The number of nitrogens with zero attached hydrogens (tertiary/aromatic N) is 3. The number of aryl methyl sites for hydroxylation is 1. The number of carbonyl (C=O) groups excluding carboxylic acids is 1. The zero-order valence-corrected chi connectivity index (χ0v) is 11.7. The number of thiophene rings is 1. The van der Waals surface area contributed by atoms with Gasteiger partial charge in [-0.2, -0.15) is 0 Å². The molecule has 0 aliphatic heterocycles. The fourth-order valence-electron chi connectivity index (χ4n) is 1.57. The summed E-state index contributed by atoms with van der Waals surface area (Å²) in [7, 11) is 0. The molecular formula is C12H14N4O3S. The van der Waals surface area contributed by atoms with E-state index in [1.165, 1.54) is 15.8 Å². The molecule has 0 bridgehead atoms. The van der Waals surface area contributed by atoms with Crippen LogP contribution in [-0.4, -0.2) is 32.0 Å². The molecule has 0 saturated carbocycles. The van der Waals surface area contributed by atoms with Gasteiger partial charge >= 0.3 is 5.97 Å². The first-order valence-corrected chi connectivity index (χ1v) is 6.88. The standard InChI is InChI=1S/C12H14N4O3S/c1-2-8-3-4-9(20-8)5-13-11(17)7-16-6-10(12(18)19)14-15-16/h3-4,6H,2,5,7H2,1H3,(H,13,17)(H,18,19). The first-order chi connectivity index (χ1) is 9.58. The Bertz CT molecular complexity index is 620. The van der Waals surface area contributed by atoms with Gasteiger partial charge in [-0.05, 0) is 18.6 Å². The number of rotatable bonds is 6. The topological polar surface area (TPSA) is 97.1 Å². The van der Waals surface area contributed by atoms with Crippen molar-refractivity contribution in [1.29, 1.82) is 0 Å². The van der Waals surface area contributed by atoms with E-state index in [1.54, 1.807) is 11.3 Å². The number of carboxylic acids is 1. The summed E-state index contributed by atoms with van der Waals surface area (Å²) in [6.45, 7) is 2.50. The lowest BCUT2D eigenvalue weighted by molar-refractivity contribution is -0.122. The van der Waals surface area contributed by atoms with Crippen LogP contribution in [0.15, 0.2) is 18.3 Å². The van der Waals surface area contributed by atoms with Crippen molar-refractivity contribution in [3.63, 3.8) is 0 Å². The number of carbonyl (C=O) groups is 2. The van der Waals surface area contributed by atoms with Crippen molar-refractivity contribution in [1.82, 2.24) is 20.3 Å². The maximum Gasteiger partial charge on any atom is 0.358 e. The van der Waals surface area contributed by atoms with Crippen molar-refractivity contribution in [3.8, 4) is 0 Å². The minimum atomic E-state index is -1.16. The fraction of sp³-hybridized carbons (Fsp3) is 0.333. The quantitative estimate of drug-likeness (QED) is 0.825. The lowest BCUT2D eigenvalue weighted by Gasteiger charge is -2.02. The molecule has 20 heavy (non-hydrogen) atoms. The molecule has 2 N–H and O–H groups in total. The van der Waals surface area contributed by atoms with Gasteiger partial charge in [-0.15, -0.1) is 16.4 Å². The van der Waals surface area contributed by atoms with E-state index in [0.717, 1.165) is 11.3 Å². The number of aromatic carboxylic acids is 1. The molecule has 0 aliphatic rings. The maximum atomic E-state index is 11.7. The summed E-state index contributed by atoms with van der Waals surface area (Å²) in [5.74, 6) is -1.40. The van der Waals surface area contributed by atoms with E-state index < -0.39 is 5.97 Å². The largest absolute Gasteiger partial charge is 0.476 e. The molecule has 2 rings (SSSR count). The highest BCUT2D eigenvalue weighted by molar-refractivity contribution is 7.11. The summed E-state index contributed by atoms with van der Waals surface area (Å²) in [4.78, 5) is 24.7. The van der Waals surface area contributed by atoms with Crippen LogP contribution in [0.1, 0.15) is 27.2 Å². The molecule has 0 spiro atoms. The van der Waals surface area contributed by atoms with Crippen LogP contribution >= 0.6 is 11.3 Å². The Labute approximate surface area is 119 Å². The maximum absolute atomic E-state index is 11.7. The predicted octanol–water partition coefficient (Wildman–Crippen LogP) is 0.917. The smallest absolute Gasteiger partial charge is 0.358 e. The molecule has 7 nitrogen and oxygen atoms in total. The monoisotopic (exact) mass is 294 g/mol. The summed E-state index contributed by atoms with van der Waals surface area (Å²) >= 11 is 1.66. The fourth-order valence-corrected chi connectivity index (χ4v) is 2.47. The molecular weight excluding hydrogens is 280 g/mol. The number of carboxylic acid groups (broad SMARTS) is 1. The Morgan fingerprint density at radius 1 is 1.40 bits per heavy atom. The molecule has 2 aromatic rings. The highest BCUT2D eigenvalue weighted by Gasteiger charge is 2.10. The van der Waals surface area contributed by atoms with Crippen LogP contribution in [-0.2, 0) is 24.3 Å². The van der Waals surface area contributed by atoms with Gasteiger partial charge in [0.05, 0.1) is 12.7 Å². The van der Waals surface area contributed by atoms with Crippen molar-refractivity contribution in [2.24, 2.45) is 0 Å². The molecule has 2 aromatic heterocycles. The Morgan fingerprint density at radius 2 is 2.15 bits per heavy atom. The average Bonchev–Trinajstić information content (AvgIpc) is 3.04. The molecule has 0 aromatic carbocycles. The van der Waals surface area contributed by atoms with Gasteiger partial charge in [-0.25, -0.2) is 9.48 Å². The van der Waals surface area contributed by atoms with E-state index in [9.17, 15) is 9.59 Å². The van der Waals surface area contributed by atoms with Crippen LogP contribution in [0.5, 0.6) is 0 Å². The van der Waals surface area contributed by atoms with E-state index in [4.69, 9.17) is 5.11 Å². The van der Waals surface area contributed by atoms with E-state index in [0.29, 0.717) is 6.54 Å². The van der Waals surface area contributed by atoms with Crippen molar-refractivity contribution >= 4 is 23.2 Å². The van der Waals surface area contributed by atoms with Gasteiger partial charge in [0.1, 0.15) is 6.54 Å². The highest BCUT2D eigenvalue weighted by Crippen LogP contribution is 2.16. The summed E-state index contributed by atoms with van der Waals surface area (Å²) < 4.78 is 1.20. The third kappa shape index (κ3) is 3.64. The Hall–Kier alpha value is -2.22. The lowest BCUT2D eigenvalue weighted by atomic mass is 10.3. The zero-order chi connectivity index (χ0) is 14.5. The second-order valence-corrected chi connectivity index (χ2v) is 5.36. The molecule has 0 atom stereocenters. The second kappa shape index (κ2) is 6.29. The molecule has 0 fully saturated rings. The summed E-state index contributed by atoms with van der Waals surface area (Å²) in [6, 6.07) is 4.03. The molecule has 0 radical (unpaired) electrons. The van der Waals surface area contributed by atoms with E-state index in [-0.39, 0.29) is 18.1 Å². The van der Waals surface area contributed by atoms with Crippen LogP contribution < -0.4 is 5.32 Å². The number of hydrogen-bond acceptors (Lipinski definition) is 5. The van der Waals surface area contributed by atoms with Crippen molar-refractivity contribution in [2.45, 2.75) is 26.4 Å². The molecule has 0 saturated heterocycles. The number of nitrogens with one attached hydrogen (secondary N) is 1. The van der Waals surface area contributed by atoms with Gasteiger partial charge in [0, 0.05) is 9.75 Å². The van der Waals surface area contributed by atoms with E-state index >= 15 is 0 Å². The number of aromatic nitrogens is 3. The highest BCUT2D eigenvalue weighted by atomic mass is 32.1. The summed E-state index contributed by atoms with van der Waals surface area (Å²) in [5, 5.41) is 18.5. The van der Waals surface area contributed by atoms with Crippen LogP contribution in [0.3, 0.4) is 0 Å². The molecule has 106 valence electrons.